The number of rotatable bonds is 3. The number of aliphatic hydroxyl groups excluding tert-OH is 1. The normalized spacial score (nSPS) is 38.9. The van der Waals surface area contributed by atoms with Crippen molar-refractivity contribution in [1.29, 1.82) is 0 Å². The highest BCUT2D eigenvalue weighted by Gasteiger charge is 2.47. The number of piperidine rings is 2. The van der Waals surface area contributed by atoms with Crippen LogP contribution in [0.1, 0.15) is 19.8 Å². The Labute approximate surface area is 83.5 Å². The molecule has 0 radical (unpaired) electrons. The molecule has 2 saturated heterocycles. The molecule has 1 saturated carbocycles. The summed E-state index contributed by atoms with van der Waals surface area (Å²) in [6.45, 7) is 3.40. The van der Waals surface area contributed by atoms with E-state index in [-0.39, 0.29) is 12.1 Å². The molecule has 0 aromatic heterocycles. The number of carbonyl (C=O) groups is 1. The molecule has 80 valence electrons. The average Bonchev–Trinajstić information content (AvgIpc) is 2.18. The van der Waals surface area contributed by atoms with Crippen LogP contribution in [0.4, 0.5) is 0 Å². The van der Waals surface area contributed by atoms with E-state index in [4.69, 9.17) is 5.11 Å². The van der Waals surface area contributed by atoms with Crippen LogP contribution >= 0.6 is 0 Å². The summed E-state index contributed by atoms with van der Waals surface area (Å²) in [6, 6.07) is -0.354. The minimum Gasteiger partial charge on any atom is -0.480 e. The highest BCUT2D eigenvalue weighted by atomic mass is 16.4. The van der Waals surface area contributed by atoms with Gasteiger partial charge in [-0.2, -0.15) is 0 Å². The molecule has 14 heavy (non-hydrogen) atoms. The Morgan fingerprint density at radius 3 is 2.43 bits per heavy atom. The average molecular weight is 199 g/mol. The van der Waals surface area contributed by atoms with E-state index >= 15 is 0 Å². The van der Waals surface area contributed by atoms with E-state index in [9.17, 15) is 9.90 Å². The summed E-state index contributed by atoms with van der Waals surface area (Å²) in [5.41, 5.74) is 0. The molecule has 4 nitrogen and oxygen atoms in total. The molecule has 3 unspecified atom stereocenters. The molecular formula is C10H17NO3. The van der Waals surface area contributed by atoms with E-state index in [2.05, 4.69) is 0 Å². The van der Waals surface area contributed by atoms with Crippen LogP contribution in [0.2, 0.25) is 0 Å². The summed E-state index contributed by atoms with van der Waals surface area (Å²) in [5.74, 6) is -0.0902. The van der Waals surface area contributed by atoms with Gasteiger partial charge in [-0.05, 0) is 24.7 Å². The van der Waals surface area contributed by atoms with Crippen LogP contribution in [-0.4, -0.2) is 46.3 Å². The summed E-state index contributed by atoms with van der Waals surface area (Å²) in [5, 5.41) is 18.6. The lowest BCUT2D eigenvalue weighted by Crippen LogP contribution is -2.61. The molecule has 0 aromatic rings. The molecule has 3 atom stereocenters. The first-order chi connectivity index (χ1) is 6.63. The smallest absolute Gasteiger partial charge is 0.320 e. The van der Waals surface area contributed by atoms with Crippen molar-refractivity contribution in [2.24, 2.45) is 11.8 Å². The number of aliphatic hydroxyl groups is 1. The molecule has 3 aliphatic rings. The minimum absolute atomic E-state index is 0.169. The topological polar surface area (TPSA) is 60.8 Å². The first-order valence-electron chi connectivity index (χ1n) is 5.28. The summed E-state index contributed by atoms with van der Waals surface area (Å²) in [4.78, 5) is 12.9. The Hall–Kier alpha value is -0.610. The highest BCUT2D eigenvalue weighted by molar-refractivity contribution is 5.73. The molecule has 2 bridgehead atoms. The third-order valence-corrected chi connectivity index (χ3v) is 3.62. The fraction of sp³-hybridized carbons (Fsp3) is 0.900. The molecule has 0 aromatic carbocycles. The summed E-state index contributed by atoms with van der Waals surface area (Å²) >= 11 is 0. The zero-order valence-corrected chi connectivity index (χ0v) is 8.39. The lowest BCUT2D eigenvalue weighted by Gasteiger charge is -2.52. The molecule has 3 fully saturated rings. The number of carboxylic acid groups (broad SMARTS) is 1. The van der Waals surface area contributed by atoms with E-state index < -0.39 is 5.97 Å². The molecular weight excluding hydrogens is 182 g/mol. The predicted molar refractivity (Wildman–Crippen MR) is 50.9 cm³/mol. The number of nitrogens with zero attached hydrogens (tertiary/aromatic N) is 1. The van der Waals surface area contributed by atoms with Gasteiger partial charge < -0.3 is 10.2 Å². The second-order valence-corrected chi connectivity index (χ2v) is 4.46. The van der Waals surface area contributed by atoms with Gasteiger partial charge in [-0.3, -0.25) is 9.69 Å². The maximum atomic E-state index is 10.9. The van der Waals surface area contributed by atoms with Crippen molar-refractivity contribution < 1.29 is 15.0 Å². The highest BCUT2D eigenvalue weighted by Crippen LogP contribution is 2.40. The zero-order chi connectivity index (χ0) is 10.3. The predicted octanol–water partition coefficient (Wildman–Crippen LogP) is 0.162. The Kier molecular flexibility index (Phi) is 2.49. The third-order valence-electron chi connectivity index (χ3n) is 3.62. The van der Waals surface area contributed by atoms with Crippen molar-refractivity contribution in [1.82, 2.24) is 4.90 Å². The third kappa shape index (κ3) is 1.42. The second kappa shape index (κ2) is 3.51. The fourth-order valence-corrected chi connectivity index (χ4v) is 2.74. The van der Waals surface area contributed by atoms with Crippen molar-refractivity contribution >= 4 is 5.97 Å². The van der Waals surface area contributed by atoms with Crippen molar-refractivity contribution in [3.05, 3.63) is 0 Å². The minimum atomic E-state index is -0.733. The number of aliphatic carboxylic acids is 1. The molecule has 0 amide bonds. The van der Waals surface area contributed by atoms with Crippen LogP contribution in [0.25, 0.3) is 0 Å². The van der Waals surface area contributed by atoms with Crippen molar-refractivity contribution in [2.45, 2.75) is 31.9 Å². The molecule has 2 N–H and O–H groups in total. The molecule has 0 spiro atoms. The fourth-order valence-electron chi connectivity index (χ4n) is 2.74. The van der Waals surface area contributed by atoms with E-state index in [0.717, 1.165) is 19.5 Å². The van der Waals surface area contributed by atoms with Gasteiger partial charge in [0.15, 0.2) is 0 Å². The van der Waals surface area contributed by atoms with Crippen LogP contribution in [0, 0.1) is 11.8 Å². The van der Waals surface area contributed by atoms with Gasteiger partial charge in [-0.1, -0.05) is 6.92 Å². The van der Waals surface area contributed by atoms with Gasteiger partial charge in [0.05, 0.1) is 6.10 Å². The number of hydrogen-bond acceptors (Lipinski definition) is 3. The van der Waals surface area contributed by atoms with Gasteiger partial charge >= 0.3 is 5.97 Å². The van der Waals surface area contributed by atoms with Gasteiger partial charge in [-0.15, -0.1) is 0 Å². The Balaban J connectivity index is 1.97. The Bertz CT molecular complexity index is 232. The largest absolute Gasteiger partial charge is 0.480 e. The van der Waals surface area contributed by atoms with Gasteiger partial charge in [0.1, 0.15) is 6.04 Å². The summed E-state index contributed by atoms with van der Waals surface area (Å²) in [7, 11) is 0. The second-order valence-electron chi connectivity index (χ2n) is 4.46. The molecule has 1 aliphatic carbocycles. The first-order valence-corrected chi connectivity index (χ1v) is 5.28. The number of hydrogen-bond donors (Lipinski definition) is 2. The lowest BCUT2D eigenvalue weighted by molar-refractivity contribution is -0.154. The van der Waals surface area contributed by atoms with Crippen LogP contribution < -0.4 is 0 Å². The Morgan fingerprint density at radius 1 is 1.50 bits per heavy atom. The molecule has 3 rings (SSSR count). The monoisotopic (exact) mass is 199 g/mol. The van der Waals surface area contributed by atoms with Crippen LogP contribution in [0.5, 0.6) is 0 Å². The molecule has 2 aliphatic heterocycles. The summed E-state index contributed by atoms with van der Waals surface area (Å²) < 4.78 is 0. The standard InChI is InChI=1S/C10H17NO3/c1-2-8(10(13)14)11-4-6-3-7(5-11)9(6)12/h6-9,12H,2-5H2,1H3,(H,13,14). The lowest BCUT2D eigenvalue weighted by atomic mass is 9.68. The zero-order valence-electron chi connectivity index (χ0n) is 8.39. The van der Waals surface area contributed by atoms with Crippen molar-refractivity contribution in [2.75, 3.05) is 13.1 Å². The SMILES string of the molecule is CCC(C(=O)O)N1CC2CC(C1)C2O. The van der Waals surface area contributed by atoms with Crippen molar-refractivity contribution in [3.63, 3.8) is 0 Å². The van der Waals surface area contributed by atoms with E-state index in [1.165, 1.54) is 0 Å². The van der Waals surface area contributed by atoms with Gasteiger partial charge in [0.25, 0.3) is 0 Å². The molecule has 2 heterocycles. The van der Waals surface area contributed by atoms with Crippen LogP contribution in [0.15, 0.2) is 0 Å². The number of fused-ring (bicyclic) bond motifs is 2. The van der Waals surface area contributed by atoms with E-state index in [1.54, 1.807) is 0 Å². The van der Waals surface area contributed by atoms with Crippen LogP contribution in [0.3, 0.4) is 0 Å². The quantitative estimate of drug-likeness (QED) is 0.680. The van der Waals surface area contributed by atoms with Gasteiger partial charge in [0.2, 0.25) is 0 Å². The molecule has 4 heteroatoms. The van der Waals surface area contributed by atoms with E-state index in [0.29, 0.717) is 18.3 Å². The Morgan fingerprint density at radius 2 is 2.07 bits per heavy atom. The van der Waals surface area contributed by atoms with E-state index in [1.807, 2.05) is 11.8 Å². The first kappa shape index (κ1) is 9.93. The van der Waals surface area contributed by atoms with Crippen molar-refractivity contribution in [3.8, 4) is 0 Å². The maximum absolute atomic E-state index is 10.9. The number of carboxylic acids is 1. The van der Waals surface area contributed by atoms with Gasteiger partial charge in [0, 0.05) is 13.1 Å². The van der Waals surface area contributed by atoms with Crippen LogP contribution in [-0.2, 0) is 4.79 Å². The summed E-state index contributed by atoms with van der Waals surface area (Å²) in [6.07, 6.45) is 1.55. The maximum Gasteiger partial charge on any atom is 0.320 e. The van der Waals surface area contributed by atoms with Gasteiger partial charge in [-0.25, -0.2) is 0 Å².